The third-order valence-corrected chi connectivity index (χ3v) is 3.82. The number of methoxy groups -OCH3 is 1. The number of likely N-dealkylation sites (tertiary alicyclic amines) is 1. The van der Waals surface area contributed by atoms with Crippen LogP contribution in [0.15, 0.2) is 0 Å². The first kappa shape index (κ1) is 11.9. The van der Waals surface area contributed by atoms with Gasteiger partial charge in [-0.25, -0.2) is 0 Å². The molecule has 1 saturated carbocycles. The quantitative estimate of drug-likeness (QED) is 0.772. The van der Waals surface area contributed by atoms with Crippen LogP contribution in [0.2, 0.25) is 0 Å². The summed E-state index contributed by atoms with van der Waals surface area (Å²) in [6.07, 6.45) is 5.90. The summed E-state index contributed by atoms with van der Waals surface area (Å²) in [7, 11) is 3.66. The highest BCUT2D eigenvalue weighted by Gasteiger charge is 2.32. The molecule has 0 bridgehead atoms. The lowest BCUT2D eigenvalue weighted by Crippen LogP contribution is -2.45. The fourth-order valence-electron chi connectivity index (χ4n) is 2.77. The predicted octanol–water partition coefficient (Wildman–Crippen LogP) is 0.764. The second kappa shape index (κ2) is 5.15. The van der Waals surface area contributed by atoms with E-state index in [1.54, 1.807) is 7.11 Å². The van der Waals surface area contributed by atoms with Crippen LogP contribution in [0.4, 0.5) is 0 Å². The number of nitrogens with one attached hydrogen (secondary N) is 1. The van der Waals surface area contributed by atoms with Crippen molar-refractivity contribution >= 4 is 5.91 Å². The summed E-state index contributed by atoms with van der Waals surface area (Å²) >= 11 is 0. The molecule has 1 amide bonds. The Morgan fingerprint density at radius 1 is 1.38 bits per heavy atom. The van der Waals surface area contributed by atoms with Gasteiger partial charge in [-0.3, -0.25) is 4.79 Å². The van der Waals surface area contributed by atoms with Gasteiger partial charge in [0.05, 0.1) is 12.1 Å². The molecule has 4 heteroatoms. The van der Waals surface area contributed by atoms with Crippen molar-refractivity contribution in [2.75, 3.05) is 20.7 Å². The molecule has 1 heterocycles. The number of likely N-dealkylation sites (N-methyl/N-ethyl adjacent to an activating group) is 1. The van der Waals surface area contributed by atoms with Gasteiger partial charge in [-0.1, -0.05) is 0 Å². The number of carbonyl (C=O) groups excluding carboxylic acids is 1. The maximum atomic E-state index is 11.8. The molecule has 2 rings (SSSR count). The number of nitrogens with zero attached hydrogens (tertiary/aromatic N) is 1. The van der Waals surface area contributed by atoms with Crippen LogP contribution in [0.5, 0.6) is 0 Å². The fourth-order valence-corrected chi connectivity index (χ4v) is 2.77. The summed E-state index contributed by atoms with van der Waals surface area (Å²) in [4.78, 5) is 13.6. The van der Waals surface area contributed by atoms with Crippen molar-refractivity contribution in [3.63, 3.8) is 0 Å². The SMILES string of the molecule is COC1CCCC(NC2CCN(C)C2=O)C1. The van der Waals surface area contributed by atoms with Crippen LogP contribution in [0.1, 0.15) is 32.1 Å². The summed E-state index contributed by atoms with van der Waals surface area (Å²) in [5.41, 5.74) is 0. The zero-order valence-electron chi connectivity index (χ0n) is 10.2. The highest BCUT2D eigenvalue weighted by molar-refractivity contribution is 5.83. The van der Waals surface area contributed by atoms with E-state index in [0.717, 1.165) is 25.8 Å². The number of ether oxygens (including phenoxy) is 1. The molecule has 2 aliphatic rings. The van der Waals surface area contributed by atoms with Crippen LogP contribution in [0.25, 0.3) is 0 Å². The number of hydrogen-bond donors (Lipinski definition) is 1. The van der Waals surface area contributed by atoms with E-state index in [1.165, 1.54) is 12.8 Å². The molecule has 0 spiro atoms. The van der Waals surface area contributed by atoms with E-state index in [4.69, 9.17) is 4.74 Å². The number of carbonyl (C=O) groups is 1. The molecule has 0 aromatic rings. The molecule has 3 atom stereocenters. The summed E-state index contributed by atoms with van der Waals surface area (Å²) in [6, 6.07) is 0.504. The highest BCUT2D eigenvalue weighted by Crippen LogP contribution is 2.22. The Morgan fingerprint density at radius 3 is 2.81 bits per heavy atom. The van der Waals surface area contributed by atoms with Crippen molar-refractivity contribution < 1.29 is 9.53 Å². The maximum absolute atomic E-state index is 11.8. The summed E-state index contributed by atoms with van der Waals surface area (Å²) in [6.45, 7) is 0.886. The minimum Gasteiger partial charge on any atom is -0.381 e. The largest absolute Gasteiger partial charge is 0.381 e. The lowest BCUT2D eigenvalue weighted by atomic mass is 9.92. The Kier molecular flexibility index (Phi) is 3.82. The average Bonchev–Trinajstić information content (AvgIpc) is 2.61. The number of amides is 1. The van der Waals surface area contributed by atoms with Gasteiger partial charge in [0, 0.05) is 26.7 Å². The Hall–Kier alpha value is -0.610. The van der Waals surface area contributed by atoms with E-state index < -0.39 is 0 Å². The smallest absolute Gasteiger partial charge is 0.239 e. The molecule has 1 N–H and O–H groups in total. The summed E-state index contributed by atoms with van der Waals surface area (Å²) < 4.78 is 5.40. The lowest BCUT2D eigenvalue weighted by molar-refractivity contribution is -0.128. The minimum atomic E-state index is 0.0469. The first-order valence-corrected chi connectivity index (χ1v) is 6.24. The van der Waals surface area contributed by atoms with Gasteiger partial charge in [0.25, 0.3) is 0 Å². The van der Waals surface area contributed by atoms with Gasteiger partial charge < -0.3 is 15.0 Å². The van der Waals surface area contributed by atoms with Gasteiger partial charge in [0.1, 0.15) is 0 Å². The van der Waals surface area contributed by atoms with Crippen LogP contribution in [-0.4, -0.2) is 49.7 Å². The van der Waals surface area contributed by atoms with Gasteiger partial charge in [-0.15, -0.1) is 0 Å². The van der Waals surface area contributed by atoms with E-state index >= 15 is 0 Å². The van der Waals surface area contributed by atoms with Crippen molar-refractivity contribution in [3.8, 4) is 0 Å². The molecule has 3 unspecified atom stereocenters. The highest BCUT2D eigenvalue weighted by atomic mass is 16.5. The van der Waals surface area contributed by atoms with Crippen LogP contribution in [0.3, 0.4) is 0 Å². The van der Waals surface area contributed by atoms with E-state index in [2.05, 4.69) is 5.32 Å². The zero-order valence-corrected chi connectivity index (χ0v) is 10.2. The first-order valence-electron chi connectivity index (χ1n) is 6.24. The molecule has 4 nitrogen and oxygen atoms in total. The predicted molar refractivity (Wildman–Crippen MR) is 62.2 cm³/mol. The first-order chi connectivity index (χ1) is 7.70. The molecule has 0 aromatic heterocycles. The third kappa shape index (κ3) is 2.55. The van der Waals surface area contributed by atoms with Gasteiger partial charge in [-0.2, -0.15) is 0 Å². The molecule has 1 saturated heterocycles. The molecule has 2 fully saturated rings. The lowest BCUT2D eigenvalue weighted by Gasteiger charge is -2.30. The molecule has 1 aliphatic heterocycles. The van der Waals surface area contributed by atoms with Crippen molar-refractivity contribution in [2.24, 2.45) is 0 Å². The second-order valence-corrected chi connectivity index (χ2v) is 4.99. The van der Waals surface area contributed by atoms with Crippen LogP contribution in [0, 0.1) is 0 Å². The Labute approximate surface area is 97.3 Å². The van der Waals surface area contributed by atoms with E-state index in [-0.39, 0.29) is 11.9 Å². The third-order valence-electron chi connectivity index (χ3n) is 3.82. The molecular weight excluding hydrogens is 204 g/mol. The van der Waals surface area contributed by atoms with Crippen molar-refractivity contribution in [2.45, 2.75) is 50.3 Å². The molecule has 92 valence electrons. The number of hydrogen-bond acceptors (Lipinski definition) is 3. The minimum absolute atomic E-state index is 0.0469. The van der Waals surface area contributed by atoms with Crippen molar-refractivity contribution in [3.05, 3.63) is 0 Å². The Bertz CT molecular complexity index is 257. The average molecular weight is 226 g/mol. The van der Waals surface area contributed by atoms with Gasteiger partial charge in [0.15, 0.2) is 0 Å². The second-order valence-electron chi connectivity index (χ2n) is 4.99. The Morgan fingerprint density at radius 2 is 2.19 bits per heavy atom. The topological polar surface area (TPSA) is 41.6 Å². The van der Waals surface area contributed by atoms with Crippen molar-refractivity contribution in [1.82, 2.24) is 10.2 Å². The summed E-state index contributed by atoms with van der Waals surface area (Å²) in [5, 5.41) is 3.49. The Balaban J connectivity index is 1.83. The maximum Gasteiger partial charge on any atom is 0.239 e. The van der Waals surface area contributed by atoms with Crippen LogP contribution < -0.4 is 5.32 Å². The van der Waals surface area contributed by atoms with Crippen LogP contribution in [-0.2, 0) is 9.53 Å². The van der Waals surface area contributed by atoms with E-state index in [9.17, 15) is 4.79 Å². The van der Waals surface area contributed by atoms with Gasteiger partial charge >= 0.3 is 0 Å². The van der Waals surface area contributed by atoms with Crippen molar-refractivity contribution in [1.29, 1.82) is 0 Å². The number of rotatable bonds is 3. The molecule has 16 heavy (non-hydrogen) atoms. The van der Waals surface area contributed by atoms with Gasteiger partial charge in [-0.05, 0) is 32.1 Å². The molecule has 0 radical (unpaired) electrons. The standard InChI is InChI=1S/C12H22N2O2/c1-14-7-6-11(12(14)15)13-9-4-3-5-10(8-9)16-2/h9-11,13H,3-8H2,1-2H3. The normalized spacial score (nSPS) is 35.8. The van der Waals surface area contributed by atoms with Gasteiger partial charge in [0.2, 0.25) is 5.91 Å². The molecule has 1 aliphatic carbocycles. The zero-order chi connectivity index (χ0) is 11.5. The fraction of sp³-hybridized carbons (Fsp3) is 0.917. The van der Waals surface area contributed by atoms with E-state index in [1.807, 2.05) is 11.9 Å². The molecular formula is C12H22N2O2. The summed E-state index contributed by atoms with van der Waals surface area (Å²) in [5.74, 6) is 0.250. The monoisotopic (exact) mass is 226 g/mol. The van der Waals surface area contributed by atoms with E-state index in [0.29, 0.717) is 12.1 Å². The van der Waals surface area contributed by atoms with Crippen LogP contribution >= 0.6 is 0 Å². The molecule has 0 aromatic carbocycles.